The Morgan fingerprint density at radius 2 is 2.50 bits per heavy atom. The maximum absolute atomic E-state index is 11.5. The van der Waals surface area contributed by atoms with Gasteiger partial charge in [0.15, 0.2) is 0 Å². The maximum atomic E-state index is 11.5. The number of amides is 1. The molecule has 1 aromatic rings. The highest BCUT2D eigenvalue weighted by Crippen LogP contribution is 2.14. The lowest BCUT2D eigenvalue weighted by molar-refractivity contribution is 0.0947. The van der Waals surface area contributed by atoms with Gasteiger partial charge in [0, 0.05) is 7.05 Å². The average molecular weight is 257 g/mol. The first-order valence-electron chi connectivity index (χ1n) is 3.94. The Balaban J connectivity index is 2.81. The quantitative estimate of drug-likeness (QED) is 0.852. The van der Waals surface area contributed by atoms with E-state index in [0.29, 0.717) is 10.2 Å². The second-order valence-corrected chi connectivity index (χ2v) is 3.55. The molecule has 0 aliphatic carbocycles. The van der Waals surface area contributed by atoms with Gasteiger partial charge in [0.25, 0.3) is 5.91 Å². The van der Waals surface area contributed by atoms with Crippen molar-refractivity contribution in [3.63, 3.8) is 0 Å². The fourth-order valence-electron chi connectivity index (χ4n) is 0.882. The standard InChI is InChI=1S/C8H9BrN4O/c1-5(3-10)12-8(14)6-4-11-13(2)7(6)9/h4-5H,1-2H3,(H,12,14). The molecule has 0 saturated heterocycles. The summed E-state index contributed by atoms with van der Waals surface area (Å²) in [6.45, 7) is 1.61. The third kappa shape index (κ3) is 2.12. The van der Waals surface area contributed by atoms with Crippen LogP contribution in [0.1, 0.15) is 17.3 Å². The van der Waals surface area contributed by atoms with Gasteiger partial charge in [-0.1, -0.05) is 0 Å². The van der Waals surface area contributed by atoms with E-state index in [4.69, 9.17) is 5.26 Å². The molecule has 0 bridgehead atoms. The van der Waals surface area contributed by atoms with Crippen molar-refractivity contribution in [2.45, 2.75) is 13.0 Å². The minimum absolute atomic E-state index is 0.306. The van der Waals surface area contributed by atoms with Crippen molar-refractivity contribution in [1.82, 2.24) is 15.1 Å². The number of carbonyl (C=O) groups is 1. The van der Waals surface area contributed by atoms with Gasteiger partial charge in [0.05, 0.1) is 17.8 Å². The highest BCUT2D eigenvalue weighted by atomic mass is 79.9. The van der Waals surface area contributed by atoms with E-state index in [0.717, 1.165) is 0 Å². The van der Waals surface area contributed by atoms with Crippen LogP contribution in [0.25, 0.3) is 0 Å². The van der Waals surface area contributed by atoms with Crippen molar-refractivity contribution in [2.75, 3.05) is 0 Å². The number of carbonyl (C=O) groups excluding carboxylic acids is 1. The minimum Gasteiger partial charge on any atom is -0.336 e. The average Bonchev–Trinajstić information content (AvgIpc) is 2.47. The van der Waals surface area contributed by atoms with Gasteiger partial charge in [-0.25, -0.2) is 0 Å². The topological polar surface area (TPSA) is 70.7 Å². The second kappa shape index (κ2) is 4.24. The summed E-state index contributed by atoms with van der Waals surface area (Å²) in [6, 6.07) is 1.41. The lowest BCUT2D eigenvalue weighted by Crippen LogP contribution is -2.31. The molecule has 1 aromatic heterocycles. The summed E-state index contributed by atoms with van der Waals surface area (Å²) >= 11 is 3.22. The van der Waals surface area contributed by atoms with Crippen LogP contribution in [-0.4, -0.2) is 21.7 Å². The number of rotatable bonds is 2. The Morgan fingerprint density at radius 1 is 1.86 bits per heavy atom. The number of hydrogen-bond donors (Lipinski definition) is 1. The molecule has 1 N–H and O–H groups in total. The van der Waals surface area contributed by atoms with Gasteiger partial charge in [-0.2, -0.15) is 10.4 Å². The first kappa shape index (κ1) is 10.7. The van der Waals surface area contributed by atoms with E-state index in [1.807, 2.05) is 6.07 Å². The Morgan fingerprint density at radius 3 is 2.93 bits per heavy atom. The predicted molar refractivity (Wildman–Crippen MR) is 53.4 cm³/mol. The van der Waals surface area contributed by atoms with Crippen LogP contribution in [0, 0.1) is 11.3 Å². The summed E-state index contributed by atoms with van der Waals surface area (Å²) in [7, 11) is 1.72. The summed E-state index contributed by atoms with van der Waals surface area (Å²) in [5.41, 5.74) is 0.426. The van der Waals surface area contributed by atoms with Gasteiger partial charge >= 0.3 is 0 Å². The van der Waals surface area contributed by atoms with Crippen LogP contribution >= 0.6 is 15.9 Å². The van der Waals surface area contributed by atoms with Gasteiger partial charge in [-0.15, -0.1) is 0 Å². The fourth-order valence-corrected chi connectivity index (χ4v) is 1.26. The fraction of sp³-hybridized carbons (Fsp3) is 0.375. The molecule has 14 heavy (non-hydrogen) atoms. The van der Waals surface area contributed by atoms with Crippen molar-refractivity contribution in [2.24, 2.45) is 7.05 Å². The van der Waals surface area contributed by atoms with Gasteiger partial charge in [-0.3, -0.25) is 9.48 Å². The molecule has 0 fully saturated rings. The van der Waals surface area contributed by atoms with Gasteiger partial charge in [0.1, 0.15) is 10.6 Å². The molecule has 5 nitrogen and oxygen atoms in total. The first-order valence-corrected chi connectivity index (χ1v) is 4.73. The number of aryl methyl sites for hydroxylation is 1. The number of hydrogen-bond acceptors (Lipinski definition) is 3. The van der Waals surface area contributed by atoms with Crippen LogP contribution in [-0.2, 0) is 7.05 Å². The smallest absolute Gasteiger partial charge is 0.256 e. The number of nitriles is 1. The van der Waals surface area contributed by atoms with Crippen molar-refractivity contribution >= 4 is 21.8 Å². The van der Waals surface area contributed by atoms with E-state index in [1.165, 1.54) is 10.9 Å². The molecule has 0 radical (unpaired) electrons. The Bertz CT molecular complexity index is 393. The highest BCUT2D eigenvalue weighted by Gasteiger charge is 2.15. The summed E-state index contributed by atoms with van der Waals surface area (Å²) in [5.74, 6) is -0.306. The number of nitrogens with one attached hydrogen (secondary N) is 1. The Kier molecular flexibility index (Phi) is 3.25. The summed E-state index contributed by atoms with van der Waals surface area (Å²) in [6.07, 6.45) is 1.45. The number of nitrogens with zero attached hydrogens (tertiary/aromatic N) is 3. The molecule has 1 amide bonds. The molecule has 0 spiro atoms. The van der Waals surface area contributed by atoms with Crippen LogP contribution < -0.4 is 5.32 Å². The predicted octanol–water partition coefficient (Wildman–Crippen LogP) is 0.824. The normalized spacial score (nSPS) is 11.9. The Labute approximate surface area is 89.8 Å². The second-order valence-electron chi connectivity index (χ2n) is 2.80. The van der Waals surface area contributed by atoms with Gasteiger partial charge in [-0.05, 0) is 22.9 Å². The molecular weight excluding hydrogens is 248 g/mol. The molecule has 1 heterocycles. The molecule has 74 valence electrons. The number of aromatic nitrogens is 2. The zero-order valence-corrected chi connectivity index (χ0v) is 9.37. The summed E-state index contributed by atoms with van der Waals surface area (Å²) in [5, 5.41) is 14.9. The maximum Gasteiger partial charge on any atom is 0.256 e. The third-order valence-corrected chi connectivity index (χ3v) is 2.59. The van der Waals surface area contributed by atoms with Crippen LogP contribution in [0.2, 0.25) is 0 Å². The molecule has 1 atom stereocenters. The van der Waals surface area contributed by atoms with E-state index in [2.05, 4.69) is 26.3 Å². The first-order chi connectivity index (χ1) is 6.56. The van der Waals surface area contributed by atoms with E-state index in [-0.39, 0.29) is 5.91 Å². The van der Waals surface area contributed by atoms with Gasteiger partial charge in [0.2, 0.25) is 0 Å². The molecule has 0 aliphatic rings. The van der Waals surface area contributed by atoms with Crippen LogP contribution in [0.15, 0.2) is 10.8 Å². The third-order valence-electron chi connectivity index (χ3n) is 1.65. The zero-order chi connectivity index (χ0) is 10.7. The van der Waals surface area contributed by atoms with Crippen molar-refractivity contribution in [3.05, 3.63) is 16.4 Å². The van der Waals surface area contributed by atoms with Crippen LogP contribution in [0.5, 0.6) is 0 Å². The summed E-state index contributed by atoms with van der Waals surface area (Å²) in [4.78, 5) is 11.5. The van der Waals surface area contributed by atoms with E-state index in [1.54, 1.807) is 14.0 Å². The molecule has 0 aliphatic heterocycles. The van der Waals surface area contributed by atoms with Crippen LogP contribution in [0.3, 0.4) is 0 Å². The minimum atomic E-state index is -0.505. The highest BCUT2D eigenvalue weighted by molar-refractivity contribution is 9.10. The van der Waals surface area contributed by atoms with Crippen molar-refractivity contribution in [1.29, 1.82) is 5.26 Å². The van der Waals surface area contributed by atoms with Crippen LogP contribution in [0.4, 0.5) is 0 Å². The molecule has 0 aromatic carbocycles. The van der Waals surface area contributed by atoms with E-state index in [9.17, 15) is 4.79 Å². The number of halogens is 1. The molecule has 1 unspecified atom stereocenters. The molecular formula is C8H9BrN4O. The summed E-state index contributed by atoms with van der Waals surface area (Å²) < 4.78 is 2.13. The zero-order valence-electron chi connectivity index (χ0n) is 7.78. The van der Waals surface area contributed by atoms with Crippen molar-refractivity contribution < 1.29 is 4.79 Å². The lowest BCUT2D eigenvalue weighted by atomic mass is 10.3. The largest absolute Gasteiger partial charge is 0.336 e. The monoisotopic (exact) mass is 256 g/mol. The van der Waals surface area contributed by atoms with Crippen molar-refractivity contribution in [3.8, 4) is 6.07 Å². The molecule has 6 heteroatoms. The SMILES string of the molecule is CC(C#N)NC(=O)c1cnn(C)c1Br. The van der Waals surface area contributed by atoms with E-state index >= 15 is 0 Å². The van der Waals surface area contributed by atoms with Gasteiger partial charge < -0.3 is 5.32 Å². The lowest BCUT2D eigenvalue weighted by Gasteiger charge is -2.04. The van der Waals surface area contributed by atoms with E-state index < -0.39 is 6.04 Å². The molecule has 0 saturated carbocycles. The Hall–Kier alpha value is -1.35. The molecule has 1 rings (SSSR count).